The predicted octanol–water partition coefficient (Wildman–Crippen LogP) is 4.02. The molecule has 0 aromatic heterocycles. The lowest BCUT2D eigenvalue weighted by Gasteiger charge is -2.19. The van der Waals surface area contributed by atoms with Gasteiger partial charge in [0, 0.05) is 6.42 Å². The summed E-state index contributed by atoms with van der Waals surface area (Å²) in [7, 11) is 0. The van der Waals surface area contributed by atoms with Crippen LogP contribution in [0.3, 0.4) is 0 Å². The Morgan fingerprint density at radius 3 is 2.79 bits per heavy atom. The van der Waals surface area contributed by atoms with Gasteiger partial charge < -0.3 is 4.74 Å². The number of hydrogen-bond acceptors (Lipinski definition) is 2. The predicted molar refractivity (Wildman–Crippen MR) is 80.0 cm³/mol. The van der Waals surface area contributed by atoms with Gasteiger partial charge in [0.25, 0.3) is 0 Å². The standard InChI is InChI=1S/C16H17BrO2/c1-12-7-8-14(15(18)10-17)16(9-12)19-11-13-5-3-2-4-6-13/h2-8,12H,9-11H2,1H3. The van der Waals surface area contributed by atoms with Crippen molar-refractivity contribution in [1.82, 2.24) is 0 Å². The topological polar surface area (TPSA) is 26.3 Å². The Bertz CT molecular complexity index is 503. The summed E-state index contributed by atoms with van der Waals surface area (Å²) in [6.07, 6.45) is 4.74. The van der Waals surface area contributed by atoms with Crippen LogP contribution in [0.2, 0.25) is 0 Å². The monoisotopic (exact) mass is 320 g/mol. The molecule has 0 amide bonds. The van der Waals surface area contributed by atoms with Crippen LogP contribution in [0.4, 0.5) is 0 Å². The van der Waals surface area contributed by atoms with Crippen molar-refractivity contribution >= 4 is 21.7 Å². The van der Waals surface area contributed by atoms with E-state index in [0.717, 1.165) is 17.7 Å². The minimum absolute atomic E-state index is 0.0752. The zero-order valence-electron chi connectivity index (χ0n) is 10.9. The summed E-state index contributed by atoms with van der Waals surface area (Å²) in [6, 6.07) is 10.00. The number of carbonyl (C=O) groups is 1. The molecule has 0 N–H and O–H groups in total. The van der Waals surface area contributed by atoms with Gasteiger partial charge >= 0.3 is 0 Å². The number of carbonyl (C=O) groups excluding carboxylic acids is 1. The van der Waals surface area contributed by atoms with E-state index in [4.69, 9.17) is 4.74 Å². The molecule has 1 atom stereocenters. The van der Waals surface area contributed by atoms with Crippen LogP contribution in [0.5, 0.6) is 0 Å². The Kier molecular flexibility index (Phi) is 4.97. The number of ketones is 1. The average molecular weight is 321 g/mol. The highest BCUT2D eigenvalue weighted by atomic mass is 79.9. The zero-order chi connectivity index (χ0) is 13.7. The smallest absolute Gasteiger partial charge is 0.176 e. The van der Waals surface area contributed by atoms with Gasteiger partial charge in [0.1, 0.15) is 12.4 Å². The van der Waals surface area contributed by atoms with Crippen molar-refractivity contribution in [3.05, 3.63) is 59.4 Å². The Hall–Kier alpha value is -1.35. The molecule has 19 heavy (non-hydrogen) atoms. The van der Waals surface area contributed by atoms with E-state index in [1.807, 2.05) is 36.4 Å². The molecular formula is C16H17BrO2. The minimum Gasteiger partial charge on any atom is -0.492 e. The SMILES string of the molecule is CC1C=CC(C(=O)CBr)=C(OCc2ccccc2)C1. The molecule has 0 saturated carbocycles. The molecule has 1 aromatic rings. The van der Waals surface area contributed by atoms with Gasteiger partial charge in [-0.3, -0.25) is 4.79 Å². The largest absolute Gasteiger partial charge is 0.492 e. The third kappa shape index (κ3) is 3.80. The molecule has 100 valence electrons. The molecule has 1 unspecified atom stereocenters. The fourth-order valence-corrected chi connectivity index (χ4v) is 2.33. The molecule has 2 rings (SSSR count). The van der Waals surface area contributed by atoms with E-state index >= 15 is 0 Å². The Labute approximate surface area is 122 Å². The van der Waals surface area contributed by atoms with Crippen LogP contribution in [0.1, 0.15) is 18.9 Å². The van der Waals surface area contributed by atoms with E-state index in [-0.39, 0.29) is 5.78 Å². The Morgan fingerprint density at radius 1 is 1.37 bits per heavy atom. The summed E-state index contributed by atoms with van der Waals surface area (Å²) in [5.74, 6) is 1.30. The molecule has 0 saturated heterocycles. The molecule has 2 nitrogen and oxygen atoms in total. The highest BCUT2D eigenvalue weighted by Crippen LogP contribution is 2.26. The van der Waals surface area contributed by atoms with Crippen LogP contribution >= 0.6 is 15.9 Å². The summed E-state index contributed by atoms with van der Waals surface area (Å²) in [5.41, 5.74) is 1.81. The van der Waals surface area contributed by atoms with Crippen LogP contribution in [-0.4, -0.2) is 11.1 Å². The molecule has 0 radical (unpaired) electrons. The normalized spacial score (nSPS) is 18.5. The second kappa shape index (κ2) is 6.71. The second-order valence-corrected chi connectivity index (χ2v) is 5.27. The molecule has 0 fully saturated rings. The summed E-state index contributed by atoms with van der Waals surface area (Å²) in [6.45, 7) is 2.63. The fourth-order valence-electron chi connectivity index (χ4n) is 2.03. The summed E-state index contributed by atoms with van der Waals surface area (Å²) in [5, 5.41) is 0.333. The van der Waals surface area contributed by atoms with E-state index < -0.39 is 0 Å². The number of halogens is 1. The van der Waals surface area contributed by atoms with Gasteiger partial charge in [-0.15, -0.1) is 0 Å². The quantitative estimate of drug-likeness (QED) is 0.766. The van der Waals surface area contributed by atoms with Gasteiger partial charge in [-0.05, 0) is 11.5 Å². The third-order valence-electron chi connectivity index (χ3n) is 3.08. The number of Topliss-reactive ketones (excluding diaryl/α,β-unsaturated/α-hetero) is 1. The van der Waals surface area contributed by atoms with Gasteiger partial charge in [0.2, 0.25) is 0 Å². The Morgan fingerprint density at radius 2 is 2.11 bits per heavy atom. The maximum Gasteiger partial charge on any atom is 0.176 e. The molecule has 3 heteroatoms. The highest BCUT2D eigenvalue weighted by Gasteiger charge is 2.19. The number of allylic oxidation sites excluding steroid dienone is 4. The first-order valence-electron chi connectivity index (χ1n) is 6.38. The van der Waals surface area contributed by atoms with Gasteiger partial charge in [-0.1, -0.05) is 65.3 Å². The van der Waals surface area contributed by atoms with Crippen molar-refractivity contribution in [2.75, 3.05) is 5.33 Å². The number of ether oxygens (including phenoxy) is 1. The zero-order valence-corrected chi connectivity index (χ0v) is 12.5. The van der Waals surface area contributed by atoms with Crippen molar-refractivity contribution in [1.29, 1.82) is 0 Å². The van der Waals surface area contributed by atoms with Crippen LogP contribution in [0, 0.1) is 5.92 Å². The van der Waals surface area contributed by atoms with E-state index in [1.54, 1.807) is 0 Å². The van der Waals surface area contributed by atoms with Crippen LogP contribution in [-0.2, 0) is 16.1 Å². The number of hydrogen-bond donors (Lipinski definition) is 0. The summed E-state index contributed by atoms with van der Waals surface area (Å²) >= 11 is 3.22. The fraction of sp³-hybridized carbons (Fsp3) is 0.312. The van der Waals surface area contributed by atoms with Crippen molar-refractivity contribution in [3.63, 3.8) is 0 Å². The molecule has 1 aliphatic carbocycles. The first-order valence-corrected chi connectivity index (χ1v) is 7.50. The number of rotatable bonds is 5. The van der Waals surface area contributed by atoms with E-state index in [1.165, 1.54) is 0 Å². The van der Waals surface area contributed by atoms with Crippen LogP contribution in [0.15, 0.2) is 53.8 Å². The molecular weight excluding hydrogens is 304 g/mol. The van der Waals surface area contributed by atoms with E-state index in [2.05, 4.69) is 28.9 Å². The molecule has 0 aliphatic heterocycles. The molecule has 0 spiro atoms. The minimum atomic E-state index is 0.0752. The first-order chi connectivity index (χ1) is 9.20. The second-order valence-electron chi connectivity index (χ2n) is 4.71. The molecule has 1 aromatic carbocycles. The third-order valence-corrected chi connectivity index (χ3v) is 3.59. The highest BCUT2D eigenvalue weighted by molar-refractivity contribution is 9.09. The lowest BCUT2D eigenvalue weighted by atomic mass is 9.95. The van der Waals surface area contributed by atoms with Crippen LogP contribution < -0.4 is 0 Å². The van der Waals surface area contributed by atoms with Gasteiger partial charge in [-0.2, -0.15) is 0 Å². The van der Waals surface area contributed by atoms with Crippen molar-refractivity contribution < 1.29 is 9.53 Å². The van der Waals surface area contributed by atoms with E-state index in [9.17, 15) is 4.79 Å². The molecule has 0 bridgehead atoms. The molecule has 1 aliphatic rings. The van der Waals surface area contributed by atoms with Crippen molar-refractivity contribution in [3.8, 4) is 0 Å². The van der Waals surface area contributed by atoms with Gasteiger partial charge in [0.15, 0.2) is 5.78 Å². The van der Waals surface area contributed by atoms with Gasteiger partial charge in [-0.25, -0.2) is 0 Å². The number of benzene rings is 1. The summed E-state index contributed by atoms with van der Waals surface area (Å²) in [4.78, 5) is 11.9. The maximum absolute atomic E-state index is 11.9. The maximum atomic E-state index is 11.9. The number of alkyl halides is 1. The average Bonchev–Trinajstić information content (AvgIpc) is 2.45. The van der Waals surface area contributed by atoms with Crippen molar-refractivity contribution in [2.24, 2.45) is 5.92 Å². The van der Waals surface area contributed by atoms with E-state index in [0.29, 0.717) is 23.4 Å². The van der Waals surface area contributed by atoms with Crippen molar-refractivity contribution in [2.45, 2.75) is 20.0 Å². The first kappa shape index (κ1) is 14.1. The Balaban J connectivity index is 2.12. The summed E-state index contributed by atoms with van der Waals surface area (Å²) < 4.78 is 5.86. The lowest BCUT2D eigenvalue weighted by Crippen LogP contribution is -2.13. The lowest BCUT2D eigenvalue weighted by molar-refractivity contribution is -0.113. The van der Waals surface area contributed by atoms with Gasteiger partial charge in [0.05, 0.1) is 10.9 Å². The molecule has 0 heterocycles. The van der Waals surface area contributed by atoms with Crippen LogP contribution in [0.25, 0.3) is 0 Å².